The molecule has 0 bridgehead atoms. The van der Waals surface area contributed by atoms with E-state index in [9.17, 15) is 9.18 Å². The standard InChI is InChI=1S/C18H12ClFO/c1-11(21)13-7-6-12(20)10-17(13)15-8-9-18(19)16-5-3-2-4-14(15)16/h2-10H,1H3. The number of rotatable bonds is 2. The highest BCUT2D eigenvalue weighted by molar-refractivity contribution is 6.36. The first kappa shape index (κ1) is 13.8. The molecular formula is C18H12ClFO. The fourth-order valence-corrected chi connectivity index (χ4v) is 2.77. The molecule has 0 aliphatic heterocycles. The van der Waals surface area contributed by atoms with Crippen LogP contribution >= 0.6 is 11.6 Å². The van der Waals surface area contributed by atoms with Crippen molar-refractivity contribution in [3.8, 4) is 11.1 Å². The van der Waals surface area contributed by atoms with Gasteiger partial charge >= 0.3 is 0 Å². The van der Waals surface area contributed by atoms with Crippen LogP contribution in [0, 0.1) is 5.82 Å². The Morgan fingerprint density at radius 3 is 2.38 bits per heavy atom. The largest absolute Gasteiger partial charge is 0.294 e. The van der Waals surface area contributed by atoms with Gasteiger partial charge < -0.3 is 0 Å². The van der Waals surface area contributed by atoms with Gasteiger partial charge in [0.15, 0.2) is 5.78 Å². The Labute approximate surface area is 127 Å². The molecule has 0 saturated heterocycles. The van der Waals surface area contributed by atoms with Gasteiger partial charge in [-0.15, -0.1) is 0 Å². The molecule has 0 spiro atoms. The molecule has 0 aliphatic carbocycles. The lowest BCUT2D eigenvalue weighted by molar-refractivity contribution is 0.101. The lowest BCUT2D eigenvalue weighted by Gasteiger charge is -2.12. The van der Waals surface area contributed by atoms with E-state index in [1.54, 1.807) is 6.07 Å². The molecule has 0 unspecified atom stereocenters. The topological polar surface area (TPSA) is 17.1 Å². The Morgan fingerprint density at radius 1 is 0.952 bits per heavy atom. The summed E-state index contributed by atoms with van der Waals surface area (Å²) in [6.07, 6.45) is 0. The molecule has 0 N–H and O–H groups in total. The number of fused-ring (bicyclic) bond motifs is 1. The van der Waals surface area contributed by atoms with Crippen LogP contribution < -0.4 is 0 Å². The van der Waals surface area contributed by atoms with Crippen LogP contribution in [-0.2, 0) is 0 Å². The van der Waals surface area contributed by atoms with Crippen molar-refractivity contribution in [2.75, 3.05) is 0 Å². The second-order valence-corrected chi connectivity index (χ2v) is 5.29. The quantitative estimate of drug-likeness (QED) is 0.571. The molecule has 3 aromatic rings. The zero-order valence-corrected chi connectivity index (χ0v) is 12.1. The van der Waals surface area contributed by atoms with E-state index in [-0.39, 0.29) is 11.6 Å². The predicted octanol–water partition coefficient (Wildman–Crippen LogP) is 5.50. The first-order valence-electron chi connectivity index (χ1n) is 6.56. The van der Waals surface area contributed by atoms with Gasteiger partial charge in [-0.3, -0.25) is 4.79 Å². The van der Waals surface area contributed by atoms with Crippen LogP contribution in [0.4, 0.5) is 4.39 Å². The number of hydrogen-bond acceptors (Lipinski definition) is 1. The predicted molar refractivity (Wildman–Crippen MR) is 84.4 cm³/mol. The van der Waals surface area contributed by atoms with E-state index in [1.807, 2.05) is 30.3 Å². The summed E-state index contributed by atoms with van der Waals surface area (Å²) in [6, 6.07) is 15.4. The molecule has 3 aromatic carbocycles. The third kappa shape index (κ3) is 2.43. The summed E-state index contributed by atoms with van der Waals surface area (Å²) >= 11 is 6.21. The molecule has 1 nitrogen and oxygen atoms in total. The summed E-state index contributed by atoms with van der Waals surface area (Å²) < 4.78 is 13.6. The summed E-state index contributed by atoms with van der Waals surface area (Å²) in [4.78, 5) is 11.8. The Kier molecular flexibility index (Phi) is 3.48. The summed E-state index contributed by atoms with van der Waals surface area (Å²) in [5.74, 6) is -0.460. The van der Waals surface area contributed by atoms with Gasteiger partial charge in [-0.05, 0) is 47.7 Å². The van der Waals surface area contributed by atoms with Crippen LogP contribution in [0.5, 0.6) is 0 Å². The van der Waals surface area contributed by atoms with E-state index in [0.717, 1.165) is 16.3 Å². The molecular weight excluding hydrogens is 287 g/mol. The highest BCUT2D eigenvalue weighted by Crippen LogP contribution is 2.35. The molecule has 104 valence electrons. The van der Waals surface area contributed by atoms with E-state index in [1.165, 1.54) is 25.1 Å². The molecule has 21 heavy (non-hydrogen) atoms. The Bertz CT molecular complexity index is 855. The average Bonchev–Trinajstić information content (AvgIpc) is 2.47. The number of carbonyl (C=O) groups is 1. The molecule has 0 atom stereocenters. The van der Waals surface area contributed by atoms with Crippen molar-refractivity contribution in [3.63, 3.8) is 0 Å². The molecule has 0 radical (unpaired) electrons. The van der Waals surface area contributed by atoms with E-state index in [0.29, 0.717) is 16.1 Å². The Morgan fingerprint density at radius 2 is 1.67 bits per heavy atom. The monoisotopic (exact) mass is 298 g/mol. The Balaban J connectivity index is 2.39. The smallest absolute Gasteiger partial charge is 0.160 e. The molecule has 0 aromatic heterocycles. The minimum absolute atomic E-state index is 0.0935. The van der Waals surface area contributed by atoms with Crippen LogP contribution in [0.1, 0.15) is 17.3 Å². The lowest BCUT2D eigenvalue weighted by atomic mass is 9.93. The number of carbonyl (C=O) groups excluding carboxylic acids is 1. The van der Waals surface area contributed by atoms with Gasteiger partial charge in [0, 0.05) is 16.0 Å². The molecule has 3 rings (SSSR count). The summed E-state index contributed by atoms with van der Waals surface area (Å²) in [7, 11) is 0. The molecule has 0 fully saturated rings. The van der Waals surface area contributed by atoms with Gasteiger partial charge in [-0.2, -0.15) is 0 Å². The highest BCUT2D eigenvalue weighted by atomic mass is 35.5. The second-order valence-electron chi connectivity index (χ2n) is 4.89. The van der Waals surface area contributed by atoms with E-state index in [2.05, 4.69) is 0 Å². The Hall–Kier alpha value is -2.19. The van der Waals surface area contributed by atoms with Crippen molar-refractivity contribution in [3.05, 3.63) is 71.0 Å². The van der Waals surface area contributed by atoms with E-state index in [4.69, 9.17) is 11.6 Å². The zero-order valence-electron chi connectivity index (χ0n) is 11.4. The van der Waals surface area contributed by atoms with Crippen molar-refractivity contribution in [1.29, 1.82) is 0 Å². The molecule has 0 saturated carbocycles. The van der Waals surface area contributed by atoms with Crippen molar-refractivity contribution < 1.29 is 9.18 Å². The fourth-order valence-electron chi connectivity index (χ4n) is 2.54. The maximum absolute atomic E-state index is 13.6. The van der Waals surface area contributed by atoms with Crippen molar-refractivity contribution in [2.45, 2.75) is 6.92 Å². The van der Waals surface area contributed by atoms with E-state index < -0.39 is 0 Å². The average molecular weight is 299 g/mol. The van der Waals surface area contributed by atoms with Crippen LogP contribution in [0.25, 0.3) is 21.9 Å². The minimum atomic E-state index is -0.367. The summed E-state index contributed by atoms with van der Waals surface area (Å²) in [5, 5.41) is 2.42. The summed E-state index contributed by atoms with van der Waals surface area (Å²) in [5.41, 5.74) is 1.90. The number of ketones is 1. The third-order valence-electron chi connectivity index (χ3n) is 3.52. The fraction of sp³-hybridized carbons (Fsp3) is 0.0556. The van der Waals surface area contributed by atoms with Crippen LogP contribution in [-0.4, -0.2) is 5.78 Å². The van der Waals surface area contributed by atoms with Gasteiger partial charge in [0.1, 0.15) is 5.82 Å². The van der Waals surface area contributed by atoms with Gasteiger partial charge in [-0.25, -0.2) is 4.39 Å². The van der Waals surface area contributed by atoms with Crippen molar-refractivity contribution in [2.24, 2.45) is 0 Å². The summed E-state index contributed by atoms with van der Waals surface area (Å²) in [6.45, 7) is 1.48. The number of benzene rings is 3. The number of Topliss-reactive ketones (excluding diaryl/α,β-unsaturated/α-hetero) is 1. The first-order chi connectivity index (χ1) is 10.1. The molecule has 0 aliphatic rings. The van der Waals surface area contributed by atoms with Gasteiger partial charge in [-0.1, -0.05) is 41.9 Å². The maximum atomic E-state index is 13.6. The molecule has 3 heteroatoms. The number of halogens is 2. The molecule has 0 amide bonds. The normalized spacial score (nSPS) is 10.8. The van der Waals surface area contributed by atoms with Crippen LogP contribution in [0.2, 0.25) is 5.02 Å². The van der Waals surface area contributed by atoms with Crippen LogP contribution in [0.3, 0.4) is 0 Å². The number of hydrogen-bond donors (Lipinski definition) is 0. The van der Waals surface area contributed by atoms with Crippen LogP contribution in [0.15, 0.2) is 54.6 Å². The van der Waals surface area contributed by atoms with Gasteiger partial charge in [0.2, 0.25) is 0 Å². The maximum Gasteiger partial charge on any atom is 0.160 e. The second kappa shape index (κ2) is 5.30. The minimum Gasteiger partial charge on any atom is -0.294 e. The van der Waals surface area contributed by atoms with Crippen molar-refractivity contribution >= 4 is 28.2 Å². The lowest BCUT2D eigenvalue weighted by Crippen LogP contribution is -1.97. The first-order valence-corrected chi connectivity index (χ1v) is 6.94. The van der Waals surface area contributed by atoms with Gasteiger partial charge in [0.05, 0.1) is 0 Å². The van der Waals surface area contributed by atoms with E-state index >= 15 is 0 Å². The highest BCUT2D eigenvalue weighted by Gasteiger charge is 2.13. The third-order valence-corrected chi connectivity index (χ3v) is 3.85. The zero-order chi connectivity index (χ0) is 15.0. The van der Waals surface area contributed by atoms with Crippen molar-refractivity contribution in [1.82, 2.24) is 0 Å². The SMILES string of the molecule is CC(=O)c1ccc(F)cc1-c1ccc(Cl)c2ccccc12. The molecule has 0 heterocycles. The van der Waals surface area contributed by atoms with Gasteiger partial charge in [0.25, 0.3) is 0 Å².